The number of rotatable bonds is 8. The topological polar surface area (TPSA) is 105 Å². The van der Waals surface area contributed by atoms with E-state index in [2.05, 4.69) is 0 Å². The van der Waals surface area contributed by atoms with E-state index in [0.717, 1.165) is 28.5 Å². The average Bonchev–Trinajstić information content (AvgIpc) is 3.22. The summed E-state index contributed by atoms with van der Waals surface area (Å²) in [7, 11) is 0. The van der Waals surface area contributed by atoms with Gasteiger partial charge in [-0.05, 0) is 57.2 Å². The monoisotopic (exact) mass is 562 g/mol. The van der Waals surface area contributed by atoms with Crippen LogP contribution in [0.25, 0.3) is 0 Å². The largest absolute Gasteiger partial charge is 0.461 e. The van der Waals surface area contributed by atoms with Gasteiger partial charge in [-0.1, -0.05) is 53.1 Å². The Morgan fingerprint density at radius 2 is 1.00 bits per heavy atom. The van der Waals surface area contributed by atoms with Crippen molar-refractivity contribution in [1.82, 2.24) is 0 Å². The molecule has 0 saturated carbocycles. The summed E-state index contributed by atoms with van der Waals surface area (Å²) in [6, 6.07) is 20.5. The molecule has 208 valence electrons. The van der Waals surface area contributed by atoms with Crippen molar-refractivity contribution in [2.45, 2.75) is 50.6 Å². The molecular weight excluding hydrogens is 532 g/mol. The number of thioether (sulfide) groups is 1. The van der Waals surface area contributed by atoms with Crippen molar-refractivity contribution in [3.8, 4) is 0 Å². The van der Waals surface area contributed by atoms with Crippen molar-refractivity contribution in [2.75, 3.05) is 6.61 Å². The molecular formula is C31H30O8S. The van der Waals surface area contributed by atoms with Gasteiger partial charge in [0.2, 0.25) is 0 Å². The molecule has 0 amide bonds. The van der Waals surface area contributed by atoms with Crippen molar-refractivity contribution in [3.05, 3.63) is 106 Å². The first-order valence-corrected chi connectivity index (χ1v) is 13.7. The van der Waals surface area contributed by atoms with E-state index in [-0.39, 0.29) is 12.2 Å². The Kier molecular flexibility index (Phi) is 9.26. The Bertz CT molecular complexity index is 1370. The van der Waals surface area contributed by atoms with Gasteiger partial charge in [-0.25, -0.2) is 14.4 Å². The fraction of sp³-hybridized carbons (Fsp3) is 0.290. The maximum Gasteiger partial charge on any atom is 0.338 e. The van der Waals surface area contributed by atoms with Crippen LogP contribution < -0.4 is 0 Å². The Hall–Kier alpha value is -4.11. The Balaban J connectivity index is 1.59. The predicted molar refractivity (Wildman–Crippen MR) is 149 cm³/mol. The highest BCUT2D eigenvalue weighted by Crippen LogP contribution is 2.40. The van der Waals surface area contributed by atoms with Gasteiger partial charge in [0, 0.05) is 6.92 Å². The lowest BCUT2D eigenvalue weighted by atomic mass is 10.1. The van der Waals surface area contributed by atoms with Crippen LogP contribution in [0.15, 0.2) is 72.8 Å². The quantitative estimate of drug-likeness (QED) is 0.270. The number of carbonyl (C=O) groups excluding carboxylic acids is 4. The van der Waals surface area contributed by atoms with Gasteiger partial charge >= 0.3 is 23.9 Å². The molecule has 1 aliphatic heterocycles. The van der Waals surface area contributed by atoms with Crippen LogP contribution in [0.5, 0.6) is 0 Å². The van der Waals surface area contributed by atoms with Crippen LogP contribution in [0, 0.1) is 20.8 Å². The number of hydrogen-bond donors (Lipinski definition) is 0. The number of esters is 4. The van der Waals surface area contributed by atoms with Gasteiger partial charge < -0.3 is 18.9 Å². The van der Waals surface area contributed by atoms with Gasteiger partial charge in [-0.3, -0.25) is 4.79 Å². The van der Waals surface area contributed by atoms with Gasteiger partial charge in [0.25, 0.3) is 0 Å². The average molecular weight is 563 g/mol. The van der Waals surface area contributed by atoms with E-state index in [9.17, 15) is 19.2 Å². The van der Waals surface area contributed by atoms with Gasteiger partial charge in [-0.2, -0.15) is 0 Å². The number of aryl methyl sites for hydroxylation is 3. The first-order chi connectivity index (χ1) is 19.1. The van der Waals surface area contributed by atoms with Crippen molar-refractivity contribution in [3.63, 3.8) is 0 Å². The third-order valence-corrected chi connectivity index (χ3v) is 7.66. The zero-order valence-electron chi connectivity index (χ0n) is 22.6. The van der Waals surface area contributed by atoms with Crippen LogP contribution in [-0.2, 0) is 23.7 Å². The molecule has 9 heteroatoms. The van der Waals surface area contributed by atoms with E-state index in [1.54, 1.807) is 72.8 Å². The predicted octanol–water partition coefficient (Wildman–Crippen LogP) is 5.22. The number of carbonyl (C=O) groups is 4. The molecule has 0 N–H and O–H groups in total. The van der Waals surface area contributed by atoms with E-state index in [4.69, 9.17) is 18.9 Å². The molecule has 1 fully saturated rings. The van der Waals surface area contributed by atoms with Crippen LogP contribution in [0.2, 0.25) is 0 Å². The summed E-state index contributed by atoms with van der Waals surface area (Å²) in [5, 5.41) is -0.691. The fourth-order valence-corrected chi connectivity index (χ4v) is 5.46. The van der Waals surface area contributed by atoms with Gasteiger partial charge in [0.15, 0.2) is 17.6 Å². The molecule has 8 nitrogen and oxygen atoms in total. The molecule has 0 aromatic heterocycles. The minimum atomic E-state index is -1.15. The zero-order valence-corrected chi connectivity index (χ0v) is 23.4. The lowest BCUT2D eigenvalue weighted by Crippen LogP contribution is -2.42. The summed E-state index contributed by atoms with van der Waals surface area (Å²) in [4.78, 5) is 50.9. The molecule has 4 rings (SSSR count). The normalized spacial score (nSPS) is 19.9. The van der Waals surface area contributed by atoms with Crippen LogP contribution in [0.4, 0.5) is 0 Å². The highest BCUT2D eigenvalue weighted by Gasteiger charge is 2.51. The molecule has 0 aliphatic carbocycles. The maximum absolute atomic E-state index is 13.1. The molecule has 0 bridgehead atoms. The minimum absolute atomic E-state index is 0.181. The summed E-state index contributed by atoms with van der Waals surface area (Å²) >= 11 is 1.10. The Labute approximate surface area is 237 Å². The molecule has 1 heterocycles. The highest BCUT2D eigenvalue weighted by molar-refractivity contribution is 8.00. The molecule has 1 saturated heterocycles. The summed E-state index contributed by atoms with van der Waals surface area (Å²) in [6.07, 6.45) is -2.23. The first kappa shape index (κ1) is 28.9. The van der Waals surface area contributed by atoms with Crippen LogP contribution >= 0.6 is 11.8 Å². The Morgan fingerprint density at radius 1 is 0.600 bits per heavy atom. The molecule has 3 aromatic rings. The van der Waals surface area contributed by atoms with E-state index in [0.29, 0.717) is 11.1 Å². The highest BCUT2D eigenvalue weighted by atomic mass is 32.2. The summed E-state index contributed by atoms with van der Waals surface area (Å²) < 4.78 is 22.7. The molecule has 40 heavy (non-hydrogen) atoms. The second-order valence-electron chi connectivity index (χ2n) is 9.59. The molecule has 3 aromatic carbocycles. The van der Waals surface area contributed by atoms with Crippen molar-refractivity contribution >= 4 is 35.6 Å². The van der Waals surface area contributed by atoms with Gasteiger partial charge in [-0.15, -0.1) is 11.8 Å². The molecule has 1 aliphatic rings. The summed E-state index contributed by atoms with van der Waals surface area (Å²) in [5.74, 6) is -2.49. The maximum atomic E-state index is 13.1. The minimum Gasteiger partial charge on any atom is -0.461 e. The number of benzene rings is 3. The lowest BCUT2D eigenvalue weighted by molar-refractivity contribution is -0.148. The number of hydrogen-bond acceptors (Lipinski definition) is 9. The van der Waals surface area contributed by atoms with Crippen molar-refractivity contribution in [1.29, 1.82) is 0 Å². The van der Waals surface area contributed by atoms with Crippen molar-refractivity contribution < 1.29 is 38.1 Å². The van der Waals surface area contributed by atoms with Gasteiger partial charge in [0.1, 0.15) is 6.61 Å². The number of ether oxygens (including phenoxy) is 4. The van der Waals surface area contributed by atoms with Crippen LogP contribution in [-0.4, -0.2) is 53.4 Å². The molecule has 1 unspecified atom stereocenters. The van der Waals surface area contributed by atoms with Gasteiger partial charge in [0.05, 0.1) is 21.9 Å². The molecule has 4 atom stereocenters. The second-order valence-corrected chi connectivity index (χ2v) is 10.9. The summed E-state index contributed by atoms with van der Waals surface area (Å²) in [5.41, 5.74) is 2.88. The van der Waals surface area contributed by atoms with E-state index < -0.39 is 46.8 Å². The summed E-state index contributed by atoms with van der Waals surface area (Å²) in [6.45, 7) is 6.75. The van der Waals surface area contributed by atoms with E-state index in [1.807, 2.05) is 20.8 Å². The first-order valence-electron chi connectivity index (χ1n) is 12.7. The third-order valence-electron chi connectivity index (χ3n) is 6.28. The van der Waals surface area contributed by atoms with Crippen LogP contribution in [0.3, 0.4) is 0 Å². The van der Waals surface area contributed by atoms with Crippen LogP contribution in [0.1, 0.15) is 54.7 Å². The molecule has 0 radical (unpaired) electrons. The zero-order chi connectivity index (χ0) is 28.8. The Morgan fingerprint density at radius 3 is 1.43 bits per heavy atom. The lowest BCUT2D eigenvalue weighted by Gasteiger charge is -2.25. The SMILES string of the molecule is CC(=O)OC1S[C@H](COC(=O)c2ccc(C)cc2)[C@H](OC(=O)c2ccc(C)cc2)[C@H]1OC(=O)c1ccc(C)cc1. The van der Waals surface area contributed by atoms with E-state index in [1.165, 1.54) is 6.92 Å². The molecule has 0 spiro atoms. The third kappa shape index (κ3) is 7.30. The van der Waals surface area contributed by atoms with Crippen molar-refractivity contribution in [2.24, 2.45) is 0 Å². The fourth-order valence-electron chi connectivity index (χ4n) is 4.05. The standard InChI is InChI=1S/C31H30O8S/c1-18-5-11-22(12-6-18)28(33)36-17-25-26(38-29(34)23-13-7-19(2)8-14-23)27(31(40-25)37-21(4)32)39-30(35)24-15-9-20(3)10-16-24/h5-16,25-27,31H,17H2,1-4H3/t25-,26+,27-,31?/m1/s1. The second kappa shape index (κ2) is 12.8. The smallest absolute Gasteiger partial charge is 0.338 e. The van der Waals surface area contributed by atoms with E-state index >= 15 is 0 Å².